The van der Waals surface area contributed by atoms with Crippen LogP contribution in [0.4, 0.5) is 0 Å². The van der Waals surface area contributed by atoms with E-state index in [1.165, 1.54) is 0 Å². The maximum absolute atomic E-state index is 9.43. The Hall–Kier alpha value is -0.790. The minimum Gasteiger partial charge on any atom is -0.481 e. The topological polar surface area (TPSA) is 224 Å². The maximum atomic E-state index is 9.43. The molecule has 0 aromatic carbocycles. The fourth-order valence-electron chi connectivity index (χ4n) is 0.388. The standard InChI is InChI=1S/3C3H4O4.2La/c3*4-2(5)1-3(6)7;;/h3*1H2,(H,4,5)(H,6,7);;. The zero-order chi connectivity index (χ0) is 17.6. The number of rotatable bonds is 6. The van der Waals surface area contributed by atoms with Gasteiger partial charge in [0.2, 0.25) is 0 Å². The van der Waals surface area contributed by atoms with Crippen LogP contribution < -0.4 is 0 Å². The third-order valence-corrected chi connectivity index (χ3v) is 0.907. The Bertz CT molecular complexity index is 321. The Balaban J connectivity index is -0.0000000675. The molecule has 0 amide bonds. The first kappa shape index (κ1) is 33.7. The summed E-state index contributed by atoms with van der Waals surface area (Å²) in [6, 6.07) is 0. The quantitative estimate of drug-likeness (QED) is 0.198. The summed E-state index contributed by atoms with van der Waals surface area (Å²) in [4.78, 5) is 56.6. The second-order valence-electron chi connectivity index (χ2n) is 2.89. The molecule has 0 aliphatic heterocycles. The molecule has 0 aromatic rings. The van der Waals surface area contributed by atoms with E-state index >= 15 is 0 Å². The van der Waals surface area contributed by atoms with Crippen LogP contribution in [0.15, 0.2) is 0 Å². The van der Waals surface area contributed by atoms with Gasteiger partial charge in [-0.2, -0.15) is 0 Å². The van der Waals surface area contributed by atoms with Crippen molar-refractivity contribution in [3.05, 3.63) is 0 Å². The molecule has 0 saturated heterocycles. The number of carbonyl (C=O) groups is 6. The molecule has 14 heteroatoms. The molecule has 0 unspecified atom stereocenters. The monoisotopic (exact) mass is 590 g/mol. The summed E-state index contributed by atoms with van der Waals surface area (Å²) < 4.78 is 0. The van der Waals surface area contributed by atoms with Gasteiger partial charge in [-0.15, -0.1) is 0 Å². The van der Waals surface area contributed by atoms with Gasteiger partial charge in [0.1, 0.15) is 19.3 Å². The van der Waals surface area contributed by atoms with E-state index in [2.05, 4.69) is 0 Å². The zero-order valence-electron chi connectivity index (χ0n) is 11.4. The maximum Gasteiger partial charge on any atom is 0.314 e. The minimum atomic E-state index is -1.31. The smallest absolute Gasteiger partial charge is 0.314 e. The Labute approximate surface area is 184 Å². The van der Waals surface area contributed by atoms with Gasteiger partial charge in [0.25, 0.3) is 0 Å². The van der Waals surface area contributed by atoms with E-state index in [0.29, 0.717) is 0 Å². The molecule has 0 heterocycles. The van der Waals surface area contributed by atoms with Crippen molar-refractivity contribution in [2.45, 2.75) is 19.3 Å². The van der Waals surface area contributed by atoms with Crippen molar-refractivity contribution in [2.75, 3.05) is 0 Å². The van der Waals surface area contributed by atoms with E-state index < -0.39 is 55.1 Å². The average Bonchev–Trinajstić information content (AvgIpc) is 2.10. The van der Waals surface area contributed by atoms with E-state index in [9.17, 15) is 28.8 Å². The Morgan fingerprint density at radius 2 is 0.478 bits per heavy atom. The second kappa shape index (κ2) is 21.2. The SMILES string of the molecule is O=C(O)CC(=O)O.O=C(O)CC(=O)O.O=C(O)CC(=O)O.[La].[La]. The third kappa shape index (κ3) is 62.3. The Morgan fingerprint density at radius 3 is 0.478 bits per heavy atom. The van der Waals surface area contributed by atoms with Gasteiger partial charge in [0.05, 0.1) is 0 Å². The normalized spacial score (nSPS) is 7.30. The van der Waals surface area contributed by atoms with Gasteiger partial charge >= 0.3 is 35.8 Å². The zero-order valence-corrected chi connectivity index (χ0v) is 18.7. The molecule has 0 atom stereocenters. The van der Waals surface area contributed by atoms with Gasteiger partial charge in [-0.05, 0) is 0 Å². The molecule has 12 nitrogen and oxygen atoms in total. The molecular weight excluding hydrogens is 578 g/mol. The van der Waals surface area contributed by atoms with Gasteiger partial charge in [-0.3, -0.25) is 28.8 Å². The molecule has 0 bridgehead atoms. The summed E-state index contributed by atoms with van der Waals surface area (Å²) in [6.45, 7) is 0. The van der Waals surface area contributed by atoms with Crippen LogP contribution in [0, 0.1) is 71.2 Å². The molecule has 0 rings (SSSR count). The molecule has 2 radical (unpaired) electrons. The molecule has 0 aliphatic rings. The number of hydrogen-bond acceptors (Lipinski definition) is 6. The van der Waals surface area contributed by atoms with Crippen molar-refractivity contribution < 1.29 is 131 Å². The summed E-state index contributed by atoms with van der Waals surface area (Å²) in [7, 11) is 0. The number of aliphatic carboxylic acids is 6. The van der Waals surface area contributed by atoms with Gasteiger partial charge in [-0.1, -0.05) is 0 Å². The molecule has 0 fully saturated rings. The van der Waals surface area contributed by atoms with Crippen LogP contribution in [0.2, 0.25) is 0 Å². The molecule has 0 spiro atoms. The van der Waals surface area contributed by atoms with Crippen LogP contribution in [0.1, 0.15) is 19.3 Å². The Kier molecular flexibility index (Phi) is 31.1. The van der Waals surface area contributed by atoms with Crippen LogP contribution in [0.3, 0.4) is 0 Å². The largest absolute Gasteiger partial charge is 0.481 e. The first-order valence-electron chi connectivity index (χ1n) is 4.69. The van der Waals surface area contributed by atoms with Crippen LogP contribution in [0.25, 0.3) is 0 Å². The molecule has 126 valence electrons. The summed E-state index contributed by atoms with van der Waals surface area (Å²) in [6.07, 6.45) is -2.42. The molecule has 0 aromatic heterocycles. The van der Waals surface area contributed by atoms with E-state index in [0.717, 1.165) is 0 Å². The van der Waals surface area contributed by atoms with E-state index in [1.807, 2.05) is 0 Å². The van der Waals surface area contributed by atoms with Crippen molar-refractivity contribution in [1.82, 2.24) is 0 Å². The van der Waals surface area contributed by atoms with Crippen LogP contribution >= 0.6 is 0 Å². The fourth-order valence-corrected chi connectivity index (χ4v) is 0.388. The first-order chi connectivity index (χ1) is 9.38. The van der Waals surface area contributed by atoms with Crippen molar-refractivity contribution in [3.63, 3.8) is 0 Å². The first-order valence-corrected chi connectivity index (χ1v) is 4.69. The van der Waals surface area contributed by atoms with Crippen LogP contribution in [0.5, 0.6) is 0 Å². The molecular formula is C9H12La2O12. The number of hydrogen-bond donors (Lipinski definition) is 6. The van der Waals surface area contributed by atoms with Crippen LogP contribution in [-0.4, -0.2) is 66.5 Å². The Morgan fingerprint density at radius 1 is 0.391 bits per heavy atom. The van der Waals surface area contributed by atoms with Gasteiger partial charge in [-0.25, -0.2) is 0 Å². The van der Waals surface area contributed by atoms with Gasteiger partial charge in [0.15, 0.2) is 0 Å². The van der Waals surface area contributed by atoms with Crippen LogP contribution in [-0.2, 0) is 28.8 Å². The molecule has 0 aliphatic carbocycles. The van der Waals surface area contributed by atoms with Gasteiger partial charge in [0, 0.05) is 71.2 Å². The summed E-state index contributed by atoms with van der Waals surface area (Å²) in [5.74, 6) is -7.88. The summed E-state index contributed by atoms with van der Waals surface area (Å²) >= 11 is 0. The van der Waals surface area contributed by atoms with Crippen molar-refractivity contribution in [3.8, 4) is 0 Å². The summed E-state index contributed by atoms with van der Waals surface area (Å²) in [5, 5.41) is 46.2. The fraction of sp³-hybridized carbons (Fsp3) is 0.333. The van der Waals surface area contributed by atoms with E-state index in [1.54, 1.807) is 0 Å². The van der Waals surface area contributed by atoms with Gasteiger partial charge < -0.3 is 30.6 Å². The predicted octanol–water partition coefficient (Wildman–Crippen LogP) is -1.36. The molecule has 23 heavy (non-hydrogen) atoms. The van der Waals surface area contributed by atoms with E-state index in [-0.39, 0.29) is 71.2 Å². The predicted molar refractivity (Wildman–Crippen MR) is 59.7 cm³/mol. The minimum absolute atomic E-state index is 0. The number of carboxylic acid groups (broad SMARTS) is 6. The summed E-state index contributed by atoms with van der Waals surface area (Å²) in [5.41, 5.74) is 0. The third-order valence-electron chi connectivity index (χ3n) is 0.907. The van der Waals surface area contributed by atoms with E-state index in [4.69, 9.17) is 30.6 Å². The second-order valence-corrected chi connectivity index (χ2v) is 2.89. The average molecular weight is 590 g/mol. The number of carboxylic acids is 6. The van der Waals surface area contributed by atoms with Crippen molar-refractivity contribution in [2.24, 2.45) is 0 Å². The van der Waals surface area contributed by atoms with Crippen molar-refractivity contribution in [1.29, 1.82) is 0 Å². The molecule has 0 saturated carbocycles. The molecule has 6 N–H and O–H groups in total. The van der Waals surface area contributed by atoms with Crippen molar-refractivity contribution >= 4 is 35.8 Å².